The number of thiazole rings is 1. The molecular weight excluding hydrogens is 860 g/mol. The van der Waals surface area contributed by atoms with Crippen molar-refractivity contribution in [2.24, 2.45) is 16.5 Å². The Labute approximate surface area is 368 Å². The van der Waals surface area contributed by atoms with E-state index in [1.807, 2.05) is 91.0 Å². The van der Waals surface area contributed by atoms with Crippen molar-refractivity contribution in [3.63, 3.8) is 0 Å². The SMILES string of the molecule is CNc1nnc(SC2=C(C(=O)O)N3C(=O)C(NC(=O)C(=NOC)c4nc(NC(c5ccccc5)(c5ccccc5)c5ccccc5)sc4Cl)C3CC2COC(=O)C(C)(C)C)s1. The smallest absolute Gasteiger partial charge is 0.353 e. The number of benzene rings is 3. The van der Waals surface area contributed by atoms with Gasteiger partial charge < -0.3 is 30.6 Å². The molecule has 0 radical (unpaired) electrons. The molecule has 15 nitrogen and oxygen atoms in total. The number of aliphatic carboxylic acids is 1. The third-order valence-corrected chi connectivity index (χ3v) is 13.5. The summed E-state index contributed by atoms with van der Waals surface area (Å²) in [6.07, 6.45) is 0.147. The molecule has 2 aliphatic rings. The van der Waals surface area contributed by atoms with Gasteiger partial charge in [-0.1, -0.05) is 142 Å². The largest absolute Gasteiger partial charge is 0.477 e. The summed E-state index contributed by atoms with van der Waals surface area (Å²) in [4.78, 5) is 65.3. The number of ether oxygens (including phenoxy) is 1. The highest BCUT2D eigenvalue weighted by Gasteiger charge is 2.56. The van der Waals surface area contributed by atoms with Gasteiger partial charge in [0, 0.05) is 17.9 Å². The van der Waals surface area contributed by atoms with Gasteiger partial charge in [0.05, 0.1) is 18.1 Å². The number of aromatic nitrogens is 3. The van der Waals surface area contributed by atoms with Crippen LogP contribution in [-0.4, -0.2) is 87.5 Å². The number of hydrogen-bond acceptors (Lipinski definition) is 15. The third kappa shape index (κ3) is 8.70. The first-order valence-electron chi connectivity index (χ1n) is 19.0. The minimum Gasteiger partial charge on any atom is -0.477 e. The van der Waals surface area contributed by atoms with Gasteiger partial charge in [-0.15, -0.1) is 10.2 Å². The van der Waals surface area contributed by atoms with E-state index in [9.17, 15) is 24.3 Å². The number of esters is 1. The zero-order valence-electron chi connectivity index (χ0n) is 33.5. The molecule has 3 atom stereocenters. The Morgan fingerprint density at radius 2 is 1.52 bits per heavy atom. The van der Waals surface area contributed by atoms with Crippen molar-refractivity contribution >= 4 is 85.8 Å². The Morgan fingerprint density at radius 3 is 2.03 bits per heavy atom. The Balaban J connectivity index is 1.19. The van der Waals surface area contributed by atoms with Gasteiger partial charge in [0.1, 0.15) is 34.4 Å². The Morgan fingerprint density at radius 1 is 0.934 bits per heavy atom. The van der Waals surface area contributed by atoms with E-state index in [1.54, 1.807) is 27.8 Å². The van der Waals surface area contributed by atoms with Crippen LogP contribution in [0.4, 0.5) is 10.3 Å². The Kier molecular flexibility index (Phi) is 12.8. The van der Waals surface area contributed by atoms with E-state index < -0.39 is 52.7 Å². The van der Waals surface area contributed by atoms with E-state index in [-0.39, 0.29) is 39.4 Å². The van der Waals surface area contributed by atoms with Crippen LogP contribution < -0.4 is 16.0 Å². The second kappa shape index (κ2) is 18.0. The van der Waals surface area contributed by atoms with Crippen molar-refractivity contribution in [3.8, 4) is 0 Å². The zero-order chi connectivity index (χ0) is 43.5. The van der Waals surface area contributed by atoms with E-state index >= 15 is 0 Å². The van der Waals surface area contributed by atoms with Crippen LogP contribution in [0.2, 0.25) is 4.34 Å². The standard InChI is InChI=1S/C42H41ClN8O7S3/c1-41(2,3)37(56)58-22-23-21-27-28(35(53)51(27)31(36(54)55)32(23)59-40-49-48-38(44-4)61-40)45-34(52)30(50-57-5)29-33(43)60-39(46-29)47-42(24-15-9-6-10-16-24,25-17-11-7-12-18-25)26-19-13-8-14-20-26/h6-20,23,27-28H,21-22H2,1-5H3,(H,44,48)(H,45,52)(H,46,47)(H,54,55). The van der Waals surface area contributed by atoms with Crippen molar-refractivity contribution in [3.05, 3.63) is 128 Å². The number of amides is 2. The summed E-state index contributed by atoms with van der Waals surface area (Å²) >= 11 is 10.2. The lowest BCUT2D eigenvalue weighted by molar-refractivity contribution is -0.159. The van der Waals surface area contributed by atoms with Gasteiger partial charge in [-0.25, -0.2) is 9.78 Å². The third-order valence-electron chi connectivity index (χ3n) is 10.0. The number of anilines is 2. The van der Waals surface area contributed by atoms with Gasteiger partial charge in [-0.3, -0.25) is 19.3 Å². The van der Waals surface area contributed by atoms with Gasteiger partial charge in [0.15, 0.2) is 15.2 Å². The van der Waals surface area contributed by atoms with Crippen LogP contribution in [0, 0.1) is 11.3 Å². The lowest BCUT2D eigenvalue weighted by Gasteiger charge is -2.51. The average Bonchev–Trinajstić information content (AvgIpc) is 3.88. The predicted octanol–water partition coefficient (Wildman–Crippen LogP) is 6.84. The number of carbonyl (C=O) groups is 4. The number of carbonyl (C=O) groups excluding carboxylic acids is 3. The number of fused-ring (bicyclic) bond motifs is 1. The summed E-state index contributed by atoms with van der Waals surface area (Å²) in [5.74, 6) is -4.02. The summed E-state index contributed by atoms with van der Waals surface area (Å²) in [7, 11) is 2.94. The summed E-state index contributed by atoms with van der Waals surface area (Å²) in [5, 5.41) is 32.9. The second-order valence-electron chi connectivity index (χ2n) is 15.0. The number of nitrogens with one attached hydrogen (secondary N) is 3. The molecule has 1 saturated heterocycles. The quantitative estimate of drug-likeness (QED) is 0.0281. The molecule has 0 aliphatic carbocycles. The molecule has 19 heteroatoms. The highest BCUT2D eigenvalue weighted by atomic mass is 35.5. The first-order valence-corrected chi connectivity index (χ1v) is 21.8. The van der Waals surface area contributed by atoms with E-state index in [4.69, 9.17) is 26.2 Å². The molecule has 1 fully saturated rings. The fourth-order valence-electron chi connectivity index (χ4n) is 7.19. The fraction of sp³-hybridized carbons (Fsp3) is 0.286. The van der Waals surface area contributed by atoms with Crippen molar-refractivity contribution in [1.82, 2.24) is 25.4 Å². The normalized spacial score (nSPS) is 17.9. The predicted molar refractivity (Wildman–Crippen MR) is 235 cm³/mol. The number of nitrogens with zero attached hydrogens (tertiary/aromatic N) is 5. The van der Waals surface area contributed by atoms with Crippen LogP contribution in [0.1, 0.15) is 49.6 Å². The lowest BCUT2D eigenvalue weighted by Crippen LogP contribution is -2.72. The van der Waals surface area contributed by atoms with Crippen molar-refractivity contribution in [1.29, 1.82) is 0 Å². The molecule has 0 bridgehead atoms. The molecule has 2 amide bonds. The van der Waals surface area contributed by atoms with Gasteiger partial charge in [-0.2, -0.15) is 0 Å². The topological polar surface area (TPSA) is 197 Å². The monoisotopic (exact) mass is 900 g/mol. The molecule has 4 N–H and O–H groups in total. The highest BCUT2D eigenvalue weighted by molar-refractivity contribution is 8.04. The lowest BCUT2D eigenvalue weighted by atomic mass is 9.77. The van der Waals surface area contributed by atoms with Crippen LogP contribution >= 0.6 is 46.0 Å². The molecule has 7 rings (SSSR count). The van der Waals surface area contributed by atoms with Crippen LogP contribution in [0.25, 0.3) is 0 Å². The Hall–Kier alpha value is -5.82. The minimum atomic E-state index is -1.37. The summed E-state index contributed by atoms with van der Waals surface area (Å²) in [6, 6.07) is 27.6. The summed E-state index contributed by atoms with van der Waals surface area (Å²) in [6.45, 7) is 4.95. The number of thioether (sulfide) groups is 1. The summed E-state index contributed by atoms with van der Waals surface area (Å²) < 4.78 is 6.24. The number of carboxylic acid groups (broad SMARTS) is 1. The number of β-lactam (4-membered cyclic amide) rings is 1. The summed E-state index contributed by atoms with van der Waals surface area (Å²) in [5.41, 5.74) is 0.362. The van der Waals surface area contributed by atoms with E-state index in [0.29, 0.717) is 14.6 Å². The van der Waals surface area contributed by atoms with Gasteiger partial charge in [0.2, 0.25) is 5.13 Å². The molecule has 3 aromatic carbocycles. The maximum Gasteiger partial charge on any atom is 0.353 e. The zero-order valence-corrected chi connectivity index (χ0v) is 36.7. The first-order chi connectivity index (χ1) is 29.3. The van der Waals surface area contributed by atoms with Gasteiger partial charge in [0.25, 0.3) is 11.8 Å². The molecule has 3 unspecified atom stereocenters. The molecule has 0 spiro atoms. The van der Waals surface area contributed by atoms with Crippen molar-refractivity contribution in [2.75, 3.05) is 31.4 Å². The molecule has 0 saturated carbocycles. The van der Waals surface area contributed by atoms with Gasteiger partial charge in [-0.05, 0) is 43.9 Å². The molecule has 61 heavy (non-hydrogen) atoms. The van der Waals surface area contributed by atoms with Gasteiger partial charge >= 0.3 is 11.9 Å². The Bertz CT molecular complexity index is 2400. The number of carboxylic acids is 1. The molecular formula is C42H41ClN8O7S3. The molecule has 4 heterocycles. The highest BCUT2D eigenvalue weighted by Crippen LogP contribution is 2.48. The minimum absolute atomic E-state index is 0.00125. The number of oxime groups is 1. The molecule has 2 aliphatic heterocycles. The number of halogens is 1. The van der Waals surface area contributed by atoms with Crippen molar-refractivity contribution in [2.45, 2.75) is 49.2 Å². The first kappa shape index (κ1) is 43.3. The fourth-order valence-corrected chi connectivity index (χ4v) is 10.3. The maximum absolute atomic E-state index is 14.2. The van der Waals surface area contributed by atoms with Crippen LogP contribution in [0.5, 0.6) is 0 Å². The number of hydrogen-bond donors (Lipinski definition) is 4. The average molecular weight is 901 g/mol. The van der Waals surface area contributed by atoms with Crippen molar-refractivity contribution < 1.29 is 33.9 Å². The van der Waals surface area contributed by atoms with Crippen LogP contribution in [0.15, 0.2) is 111 Å². The molecule has 5 aromatic rings. The van der Waals surface area contributed by atoms with Crippen LogP contribution in [-0.2, 0) is 34.3 Å². The van der Waals surface area contributed by atoms with E-state index in [0.717, 1.165) is 44.7 Å². The van der Waals surface area contributed by atoms with Crippen LogP contribution in [0.3, 0.4) is 0 Å². The molecule has 2 aromatic heterocycles. The second-order valence-corrected chi connectivity index (χ2v) is 18.9. The van der Waals surface area contributed by atoms with E-state index in [1.165, 1.54) is 18.4 Å². The molecule has 316 valence electrons. The number of rotatable bonds is 15. The maximum atomic E-state index is 14.2. The van der Waals surface area contributed by atoms with E-state index in [2.05, 4.69) is 31.3 Å².